The van der Waals surface area contributed by atoms with Gasteiger partial charge in [0.05, 0.1) is 26.4 Å². The predicted octanol–water partition coefficient (Wildman–Crippen LogP) is 1.51. The van der Waals surface area contributed by atoms with Gasteiger partial charge >= 0.3 is 5.97 Å². The maximum Gasteiger partial charge on any atom is 0.337 e. The number of carbonyl (C=O) groups excluding carboxylic acids is 1. The summed E-state index contributed by atoms with van der Waals surface area (Å²) < 4.78 is 9.97. The maximum atomic E-state index is 11.5. The number of rotatable bonds is 4. The average Bonchev–Trinajstić information content (AvgIpc) is 3.18. The molecule has 4 heteroatoms. The zero-order chi connectivity index (χ0) is 12.5. The van der Waals surface area contributed by atoms with Crippen LogP contribution < -0.4 is 4.74 Å². The molecule has 0 aromatic heterocycles. The Hall–Kier alpha value is -1.55. The van der Waals surface area contributed by atoms with Crippen LogP contribution in [0.5, 0.6) is 5.75 Å². The molecule has 0 spiro atoms. The minimum Gasteiger partial charge on any atom is -0.496 e. The molecule has 17 heavy (non-hydrogen) atoms. The molecule has 0 atom stereocenters. The molecular formula is C13H16O4. The molecule has 4 nitrogen and oxygen atoms in total. The monoisotopic (exact) mass is 236 g/mol. The highest BCUT2D eigenvalue weighted by molar-refractivity contribution is 5.90. The first-order chi connectivity index (χ1) is 8.16. The number of aliphatic hydroxyl groups is 1. The molecule has 0 heterocycles. The van der Waals surface area contributed by atoms with Crippen LogP contribution in [0.1, 0.15) is 28.8 Å². The Morgan fingerprint density at radius 1 is 1.41 bits per heavy atom. The number of ether oxygens (including phenoxy) is 2. The van der Waals surface area contributed by atoms with Crippen molar-refractivity contribution in [1.82, 2.24) is 0 Å². The third kappa shape index (κ3) is 2.00. The SMILES string of the molecule is COC(=O)c1ccc(OC)c(C2(CO)CC2)c1. The predicted molar refractivity (Wildman–Crippen MR) is 62.3 cm³/mol. The summed E-state index contributed by atoms with van der Waals surface area (Å²) in [6.45, 7) is 0.0774. The first kappa shape index (κ1) is 11.9. The Labute approximate surface area is 100 Å². The summed E-state index contributed by atoms with van der Waals surface area (Å²) in [6.07, 6.45) is 1.84. The van der Waals surface area contributed by atoms with Crippen LogP contribution in [0.25, 0.3) is 0 Å². The van der Waals surface area contributed by atoms with Crippen molar-refractivity contribution in [3.05, 3.63) is 29.3 Å². The van der Waals surface area contributed by atoms with Gasteiger partial charge in [0.1, 0.15) is 5.75 Å². The van der Waals surface area contributed by atoms with E-state index in [4.69, 9.17) is 4.74 Å². The molecule has 0 bridgehead atoms. The summed E-state index contributed by atoms with van der Waals surface area (Å²) in [6, 6.07) is 5.17. The van der Waals surface area contributed by atoms with Gasteiger partial charge in [-0.2, -0.15) is 0 Å². The van der Waals surface area contributed by atoms with Crippen molar-refractivity contribution in [2.45, 2.75) is 18.3 Å². The van der Waals surface area contributed by atoms with E-state index in [-0.39, 0.29) is 18.0 Å². The molecule has 0 radical (unpaired) electrons. The first-order valence-electron chi connectivity index (χ1n) is 5.54. The van der Waals surface area contributed by atoms with Crippen LogP contribution in [0.15, 0.2) is 18.2 Å². The largest absolute Gasteiger partial charge is 0.496 e. The van der Waals surface area contributed by atoms with Gasteiger partial charge in [0.25, 0.3) is 0 Å². The van der Waals surface area contributed by atoms with Crippen LogP contribution in [0.4, 0.5) is 0 Å². The molecule has 0 aliphatic heterocycles. The van der Waals surface area contributed by atoms with Crippen molar-refractivity contribution in [2.24, 2.45) is 0 Å². The molecular weight excluding hydrogens is 220 g/mol. The molecule has 1 aromatic rings. The Kier molecular flexibility index (Phi) is 3.07. The highest BCUT2D eigenvalue weighted by Gasteiger charge is 2.45. The minimum absolute atomic E-state index is 0.0774. The molecule has 1 fully saturated rings. The van der Waals surface area contributed by atoms with Gasteiger partial charge in [-0.05, 0) is 31.0 Å². The fourth-order valence-corrected chi connectivity index (χ4v) is 2.03. The second-order valence-corrected chi connectivity index (χ2v) is 4.35. The van der Waals surface area contributed by atoms with E-state index in [1.165, 1.54) is 7.11 Å². The van der Waals surface area contributed by atoms with Crippen molar-refractivity contribution in [3.8, 4) is 5.75 Å². The van der Waals surface area contributed by atoms with E-state index in [1.807, 2.05) is 0 Å². The standard InChI is InChI=1S/C13H16O4/c1-16-11-4-3-9(12(15)17-2)7-10(11)13(8-14)5-6-13/h3-4,7,14H,5-6,8H2,1-2H3. The van der Waals surface area contributed by atoms with Gasteiger partial charge in [-0.15, -0.1) is 0 Å². The molecule has 1 aliphatic carbocycles. The van der Waals surface area contributed by atoms with Crippen molar-refractivity contribution in [1.29, 1.82) is 0 Å². The van der Waals surface area contributed by atoms with Crippen LogP contribution in [0.3, 0.4) is 0 Å². The smallest absolute Gasteiger partial charge is 0.337 e. The fourth-order valence-electron chi connectivity index (χ4n) is 2.03. The van der Waals surface area contributed by atoms with E-state index in [9.17, 15) is 9.90 Å². The zero-order valence-electron chi connectivity index (χ0n) is 10.0. The van der Waals surface area contributed by atoms with Gasteiger partial charge in [-0.3, -0.25) is 0 Å². The minimum atomic E-state index is -0.373. The van der Waals surface area contributed by atoms with E-state index in [0.717, 1.165) is 18.4 Å². The first-order valence-corrected chi connectivity index (χ1v) is 5.54. The molecule has 1 N–H and O–H groups in total. The Balaban J connectivity index is 2.44. The number of carbonyl (C=O) groups is 1. The number of esters is 1. The van der Waals surface area contributed by atoms with E-state index in [0.29, 0.717) is 11.3 Å². The third-order valence-corrected chi connectivity index (χ3v) is 3.35. The highest BCUT2D eigenvalue weighted by Crippen LogP contribution is 2.51. The van der Waals surface area contributed by atoms with Crippen LogP contribution in [-0.4, -0.2) is 31.9 Å². The van der Waals surface area contributed by atoms with Crippen LogP contribution in [0, 0.1) is 0 Å². The molecule has 1 aliphatic rings. The Morgan fingerprint density at radius 2 is 2.12 bits per heavy atom. The molecule has 0 amide bonds. The summed E-state index contributed by atoms with van der Waals surface area (Å²) in [5.41, 5.74) is 1.16. The lowest BCUT2D eigenvalue weighted by Crippen LogP contribution is -2.14. The van der Waals surface area contributed by atoms with Crippen LogP contribution in [-0.2, 0) is 10.2 Å². The summed E-state index contributed by atoms with van der Waals surface area (Å²) >= 11 is 0. The number of aliphatic hydroxyl groups excluding tert-OH is 1. The molecule has 1 aromatic carbocycles. The van der Waals surface area contributed by atoms with Gasteiger partial charge in [-0.25, -0.2) is 4.79 Å². The van der Waals surface area contributed by atoms with Crippen LogP contribution in [0.2, 0.25) is 0 Å². The van der Waals surface area contributed by atoms with Gasteiger partial charge in [0, 0.05) is 11.0 Å². The Bertz CT molecular complexity index is 435. The van der Waals surface area contributed by atoms with Crippen molar-refractivity contribution in [2.75, 3.05) is 20.8 Å². The fraction of sp³-hybridized carbons (Fsp3) is 0.462. The van der Waals surface area contributed by atoms with Crippen molar-refractivity contribution < 1.29 is 19.4 Å². The summed E-state index contributed by atoms with van der Waals surface area (Å²) in [4.78, 5) is 11.5. The molecule has 0 saturated heterocycles. The van der Waals surface area contributed by atoms with E-state index in [2.05, 4.69) is 4.74 Å². The third-order valence-electron chi connectivity index (χ3n) is 3.35. The van der Waals surface area contributed by atoms with E-state index in [1.54, 1.807) is 25.3 Å². The molecule has 0 unspecified atom stereocenters. The lowest BCUT2D eigenvalue weighted by Gasteiger charge is -2.17. The van der Waals surface area contributed by atoms with Crippen LogP contribution >= 0.6 is 0 Å². The van der Waals surface area contributed by atoms with Gasteiger partial charge in [0.15, 0.2) is 0 Å². The number of benzene rings is 1. The number of hydrogen-bond acceptors (Lipinski definition) is 4. The second kappa shape index (κ2) is 4.37. The maximum absolute atomic E-state index is 11.5. The second-order valence-electron chi connectivity index (χ2n) is 4.35. The van der Waals surface area contributed by atoms with Gasteiger partial charge in [0.2, 0.25) is 0 Å². The van der Waals surface area contributed by atoms with Gasteiger partial charge < -0.3 is 14.6 Å². The number of hydrogen-bond donors (Lipinski definition) is 1. The molecule has 92 valence electrons. The van der Waals surface area contributed by atoms with Gasteiger partial charge in [-0.1, -0.05) is 0 Å². The lowest BCUT2D eigenvalue weighted by molar-refractivity contribution is 0.0600. The Morgan fingerprint density at radius 3 is 2.59 bits per heavy atom. The zero-order valence-corrected chi connectivity index (χ0v) is 10.0. The molecule has 2 rings (SSSR count). The average molecular weight is 236 g/mol. The normalized spacial score (nSPS) is 16.4. The lowest BCUT2D eigenvalue weighted by atomic mass is 9.94. The van der Waals surface area contributed by atoms with Crippen molar-refractivity contribution in [3.63, 3.8) is 0 Å². The van der Waals surface area contributed by atoms with E-state index < -0.39 is 0 Å². The number of methoxy groups -OCH3 is 2. The van der Waals surface area contributed by atoms with Crippen molar-refractivity contribution >= 4 is 5.97 Å². The summed E-state index contributed by atoms with van der Waals surface area (Å²) in [7, 11) is 2.94. The summed E-state index contributed by atoms with van der Waals surface area (Å²) in [5.74, 6) is 0.340. The highest BCUT2D eigenvalue weighted by atomic mass is 16.5. The topological polar surface area (TPSA) is 55.8 Å². The van der Waals surface area contributed by atoms with E-state index >= 15 is 0 Å². The quantitative estimate of drug-likeness (QED) is 0.805. The molecule has 1 saturated carbocycles. The summed E-state index contributed by atoms with van der Waals surface area (Å²) in [5, 5.41) is 9.44.